The number of benzene rings is 2. The summed E-state index contributed by atoms with van der Waals surface area (Å²) in [5.74, 6) is 0.209. The minimum atomic E-state index is -1.04. The van der Waals surface area contributed by atoms with Crippen molar-refractivity contribution >= 4 is 51.7 Å². The molecule has 5 N–H and O–H groups in total. The number of carbonyl (C=O) groups excluding carboxylic acids is 1. The van der Waals surface area contributed by atoms with Gasteiger partial charge in [0, 0.05) is 34.7 Å². The van der Waals surface area contributed by atoms with Crippen LogP contribution in [0.1, 0.15) is 6.42 Å². The second-order valence-electron chi connectivity index (χ2n) is 6.26. The molecule has 8 nitrogen and oxygen atoms in total. The van der Waals surface area contributed by atoms with Crippen LogP contribution in [0.25, 0.3) is 10.9 Å². The number of hydrogen-bond acceptors (Lipinski definition) is 7. The molecule has 0 spiro atoms. The number of hydrogen-bond donors (Lipinski definition) is 4. The van der Waals surface area contributed by atoms with Crippen LogP contribution < -0.4 is 16.4 Å². The smallest absolute Gasteiger partial charge is 0.321 e. The molecule has 1 amide bonds. The average molecular weight is 411 g/mol. The van der Waals surface area contributed by atoms with E-state index in [-0.39, 0.29) is 18.1 Å². The van der Waals surface area contributed by atoms with Gasteiger partial charge in [-0.1, -0.05) is 18.2 Å². The summed E-state index contributed by atoms with van der Waals surface area (Å²) in [6.45, 7) is 0. The Bertz CT molecular complexity index is 1000. The molecule has 1 unspecified atom stereocenters. The maximum Gasteiger partial charge on any atom is 0.321 e. The quantitative estimate of drug-likeness (QED) is 0.396. The van der Waals surface area contributed by atoms with Gasteiger partial charge in [-0.3, -0.25) is 9.59 Å². The second kappa shape index (κ2) is 9.85. The molecular formula is C20H21N5O3S. The molecule has 3 aromatic rings. The number of thioether (sulfide) groups is 1. The molecule has 2 aromatic carbocycles. The van der Waals surface area contributed by atoms with Gasteiger partial charge in [0.1, 0.15) is 18.2 Å². The maximum atomic E-state index is 12.2. The largest absolute Gasteiger partial charge is 0.480 e. The van der Waals surface area contributed by atoms with Crippen LogP contribution in [-0.2, 0) is 9.59 Å². The molecule has 9 heteroatoms. The highest BCUT2D eigenvalue weighted by Crippen LogP contribution is 2.25. The molecule has 0 aliphatic heterocycles. The van der Waals surface area contributed by atoms with Gasteiger partial charge in [0.05, 0.1) is 5.52 Å². The van der Waals surface area contributed by atoms with E-state index in [1.807, 2.05) is 42.5 Å². The first-order chi connectivity index (χ1) is 14.0. The number of carbonyl (C=O) groups is 2. The number of aromatic nitrogens is 2. The minimum Gasteiger partial charge on any atom is -0.480 e. The highest BCUT2D eigenvalue weighted by molar-refractivity contribution is 7.99. The number of anilines is 3. The molecular weight excluding hydrogens is 390 g/mol. The number of nitrogens with one attached hydrogen (secondary N) is 2. The lowest BCUT2D eigenvalue weighted by molar-refractivity contribution is -0.137. The van der Waals surface area contributed by atoms with Crippen molar-refractivity contribution in [1.29, 1.82) is 0 Å². The van der Waals surface area contributed by atoms with Crippen molar-refractivity contribution in [2.45, 2.75) is 12.5 Å². The number of para-hydroxylation sites is 1. The van der Waals surface area contributed by atoms with Crippen LogP contribution in [0.15, 0.2) is 54.9 Å². The fourth-order valence-electron chi connectivity index (χ4n) is 2.56. The van der Waals surface area contributed by atoms with Crippen molar-refractivity contribution in [2.24, 2.45) is 5.73 Å². The van der Waals surface area contributed by atoms with Crippen molar-refractivity contribution in [3.05, 3.63) is 54.9 Å². The molecule has 0 bridgehead atoms. The van der Waals surface area contributed by atoms with Crippen LogP contribution in [0.4, 0.5) is 17.2 Å². The van der Waals surface area contributed by atoms with Crippen LogP contribution in [0.5, 0.6) is 0 Å². The van der Waals surface area contributed by atoms with Gasteiger partial charge in [0.2, 0.25) is 5.91 Å². The molecule has 3 rings (SSSR count). The van der Waals surface area contributed by atoms with Gasteiger partial charge in [-0.15, -0.1) is 0 Å². The summed E-state index contributed by atoms with van der Waals surface area (Å²) in [7, 11) is 0. The first-order valence-electron chi connectivity index (χ1n) is 8.96. The Hall–Kier alpha value is -3.17. The van der Waals surface area contributed by atoms with Gasteiger partial charge < -0.3 is 21.5 Å². The summed E-state index contributed by atoms with van der Waals surface area (Å²) in [6.07, 6.45) is 1.75. The summed E-state index contributed by atoms with van der Waals surface area (Å²) in [6, 6.07) is 14.2. The van der Waals surface area contributed by atoms with E-state index in [0.717, 1.165) is 16.6 Å². The zero-order valence-electron chi connectivity index (χ0n) is 15.5. The van der Waals surface area contributed by atoms with Crippen LogP contribution in [0.2, 0.25) is 0 Å². The Labute approximate surface area is 171 Å². The Morgan fingerprint density at radius 2 is 1.90 bits per heavy atom. The Morgan fingerprint density at radius 1 is 1.10 bits per heavy atom. The lowest BCUT2D eigenvalue weighted by Gasteiger charge is -2.10. The highest BCUT2D eigenvalue weighted by atomic mass is 32.2. The van der Waals surface area contributed by atoms with E-state index in [2.05, 4.69) is 20.6 Å². The first-order valence-corrected chi connectivity index (χ1v) is 10.1. The molecule has 0 radical (unpaired) electrons. The molecule has 1 heterocycles. The number of carboxylic acid groups (broad SMARTS) is 1. The molecule has 0 saturated heterocycles. The number of aliphatic carboxylic acids is 1. The summed E-state index contributed by atoms with van der Waals surface area (Å²) in [4.78, 5) is 31.5. The molecule has 0 saturated carbocycles. The molecule has 1 atom stereocenters. The van der Waals surface area contributed by atoms with E-state index in [9.17, 15) is 9.59 Å². The van der Waals surface area contributed by atoms with E-state index in [0.29, 0.717) is 17.3 Å². The van der Waals surface area contributed by atoms with Crippen molar-refractivity contribution < 1.29 is 14.7 Å². The third-order valence-electron chi connectivity index (χ3n) is 4.04. The average Bonchev–Trinajstić information content (AvgIpc) is 2.72. The third-order valence-corrected chi connectivity index (χ3v) is 5.13. The molecule has 0 aliphatic rings. The molecule has 150 valence electrons. The fraction of sp³-hybridized carbons (Fsp3) is 0.200. The van der Waals surface area contributed by atoms with Gasteiger partial charge in [-0.2, -0.15) is 11.8 Å². The molecule has 0 aliphatic carbocycles. The van der Waals surface area contributed by atoms with Crippen molar-refractivity contribution in [3.8, 4) is 0 Å². The van der Waals surface area contributed by atoms with Crippen LogP contribution in [0, 0.1) is 0 Å². The Kier molecular flexibility index (Phi) is 6.99. The standard InChI is InChI=1S/C20H21N5O3S/c21-16(20(27)28)11-29-9-8-18(26)24-14-6-7-17-15(10-14)19(23-12-22-17)25-13-4-2-1-3-5-13/h1-7,10,12,16H,8-9,11,21H2,(H,24,26)(H,27,28)(H,22,23,25). The predicted octanol–water partition coefficient (Wildman–Crippen LogP) is 2.85. The van der Waals surface area contributed by atoms with Crippen LogP contribution >= 0.6 is 11.8 Å². The molecule has 0 fully saturated rings. The van der Waals surface area contributed by atoms with Crippen molar-refractivity contribution in [1.82, 2.24) is 9.97 Å². The third kappa shape index (κ3) is 5.90. The number of carboxylic acids is 1. The maximum absolute atomic E-state index is 12.2. The van der Waals surface area contributed by atoms with Gasteiger partial charge in [0.15, 0.2) is 0 Å². The van der Waals surface area contributed by atoms with E-state index >= 15 is 0 Å². The lowest BCUT2D eigenvalue weighted by Crippen LogP contribution is -2.32. The highest BCUT2D eigenvalue weighted by Gasteiger charge is 2.12. The molecule has 29 heavy (non-hydrogen) atoms. The second-order valence-corrected chi connectivity index (χ2v) is 7.41. The Morgan fingerprint density at radius 3 is 2.66 bits per heavy atom. The van der Waals surface area contributed by atoms with E-state index in [1.54, 1.807) is 6.07 Å². The van der Waals surface area contributed by atoms with Gasteiger partial charge in [-0.05, 0) is 30.3 Å². The Balaban J connectivity index is 1.63. The zero-order chi connectivity index (χ0) is 20.6. The topological polar surface area (TPSA) is 130 Å². The lowest BCUT2D eigenvalue weighted by atomic mass is 10.2. The summed E-state index contributed by atoms with van der Waals surface area (Å²) < 4.78 is 0. The number of nitrogens with zero attached hydrogens (tertiary/aromatic N) is 2. The van der Waals surface area contributed by atoms with Crippen molar-refractivity contribution in [2.75, 3.05) is 22.1 Å². The van der Waals surface area contributed by atoms with Gasteiger partial charge in [-0.25, -0.2) is 9.97 Å². The zero-order valence-corrected chi connectivity index (χ0v) is 16.4. The van der Waals surface area contributed by atoms with Gasteiger partial charge >= 0.3 is 5.97 Å². The SMILES string of the molecule is NC(CSCCC(=O)Nc1ccc2ncnc(Nc3ccccc3)c2c1)C(=O)O. The number of nitrogens with two attached hydrogens (primary N) is 1. The number of rotatable bonds is 9. The molecule has 1 aromatic heterocycles. The van der Waals surface area contributed by atoms with E-state index < -0.39 is 12.0 Å². The number of fused-ring (bicyclic) bond motifs is 1. The summed E-state index contributed by atoms with van der Waals surface area (Å²) in [5.41, 5.74) is 7.74. The van der Waals surface area contributed by atoms with Crippen molar-refractivity contribution in [3.63, 3.8) is 0 Å². The van der Waals surface area contributed by atoms with Crippen LogP contribution in [-0.4, -0.2) is 44.5 Å². The monoisotopic (exact) mass is 411 g/mol. The van der Waals surface area contributed by atoms with Gasteiger partial charge in [0.25, 0.3) is 0 Å². The summed E-state index contributed by atoms with van der Waals surface area (Å²) >= 11 is 1.34. The van der Waals surface area contributed by atoms with Crippen LogP contribution in [0.3, 0.4) is 0 Å². The summed E-state index contributed by atoms with van der Waals surface area (Å²) in [5, 5.41) is 15.7. The number of amides is 1. The predicted molar refractivity (Wildman–Crippen MR) is 115 cm³/mol. The first kappa shape index (κ1) is 20.6. The van der Waals surface area contributed by atoms with E-state index in [1.165, 1.54) is 18.1 Å². The normalized spacial score (nSPS) is 11.8. The van der Waals surface area contributed by atoms with E-state index in [4.69, 9.17) is 10.8 Å². The minimum absolute atomic E-state index is 0.157. The fourth-order valence-corrected chi connectivity index (χ4v) is 3.46.